The minimum absolute atomic E-state index is 0.313. The van der Waals surface area contributed by atoms with Crippen LogP contribution in [0.15, 0.2) is 42.6 Å². The average molecular weight is 597 g/mol. The van der Waals surface area contributed by atoms with Crippen LogP contribution < -0.4 is 24.8 Å². The second kappa shape index (κ2) is 12.9. The molecule has 224 valence electrons. The number of hydrogen-bond donors (Lipinski definition) is 2. The highest BCUT2D eigenvalue weighted by Gasteiger charge is 2.40. The number of carbonyl (C=O) groups is 1. The first kappa shape index (κ1) is 28.8. The van der Waals surface area contributed by atoms with Gasteiger partial charge in [-0.2, -0.15) is 0 Å². The Labute approximate surface area is 250 Å². The van der Waals surface area contributed by atoms with Gasteiger partial charge in [0.15, 0.2) is 11.5 Å². The number of aromatic nitrogens is 1. The van der Waals surface area contributed by atoms with Gasteiger partial charge < -0.3 is 39.2 Å². The molecule has 3 aliphatic heterocycles. The molecule has 0 saturated carbocycles. The molecule has 4 heterocycles. The van der Waals surface area contributed by atoms with Crippen molar-refractivity contribution in [3.05, 3.63) is 47.6 Å². The van der Waals surface area contributed by atoms with Gasteiger partial charge in [0.1, 0.15) is 11.5 Å². The topological polar surface area (TPSA) is 103 Å². The van der Waals surface area contributed by atoms with E-state index in [4.69, 9.17) is 35.3 Å². The molecule has 0 unspecified atom stereocenters. The first-order chi connectivity index (χ1) is 20.5. The summed E-state index contributed by atoms with van der Waals surface area (Å²) in [6.07, 6.45) is 5.08. The lowest BCUT2D eigenvalue weighted by Crippen LogP contribution is -2.51. The Bertz CT molecular complexity index is 1400. The molecule has 2 aromatic carbocycles. The van der Waals surface area contributed by atoms with Crippen molar-refractivity contribution in [1.29, 1.82) is 0 Å². The summed E-state index contributed by atoms with van der Waals surface area (Å²) in [6, 6.07) is 10.4. The molecule has 3 aromatic rings. The molecule has 1 spiro atoms. The number of amides is 2. The first-order valence-corrected chi connectivity index (χ1v) is 14.9. The van der Waals surface area contributed by atoms with Crippen molar-refractivity contribution in [3.63, 3.8) is 0 Å². The first-order valence-electron chi connectivity index (χ1n) is 14.5. The summed E-state index contributed by atoms with van der Waals surface area (Å²) in [5, 5.41) is 6.75. The minimum atomic E-state index is -0.313. The third-order valence-corrected chi connectivity index (χ3v) is 8.58. The summed E-state index contributed by atoms with van der Waals surface area (Å²) in [5.74, 6) is 2.75. The molecule has 42 heavy (non-hydrogen) atoms. The number of methoxy groups -OCH3 is 1. The van der Waals surface area contributed by atoms with Crippen molar-refractivity contribution in [3.8, 4) is 23.0 Å². The average Bonchev–Trinajstić information content (AvgIpc) is 2.95. The zero-order chi connectivity index (χ0) is 28.9. The van der Waals surface area contributed by atoms with Crippen LogP contribution >= 0.6 is 11.6 Å². The molecule has 11 heteroatoms. The number of pyridine rings is 1. The second-order valence-electron chi connectivity index (χ2n) is 11.3. The Balaban J connectivity index is 1.05. The molecule has 1 aromatic heterocycles. The van der Waals surface area contributed by atoms with Crippen molar-refractivity contribution in [1.82, 2.24) is 15.2 Å². The summed E-state index contributed by atoms with van der Waals surface area (Å²) in [7, 11) is 1.63. The fourth-order valence-corrected chi connectivity index (χ4v) is 5.70. The molecule has 0 aliphatic carbocycles. The highest BCUT2D eigenvalue weighted by Crippen LogP contribution is 2.39. The Kier molecular flexibility index (Phi) is 8.85. The number of nitrogens with one attached hydrogen (secondary N) is 2. The van der Waals surface area contributed by atoms with Gasteiger partial charge in [-0.25, -0.2) is 4.79 Å². The molecule has 0 bridgehead atoms. The van der Waals surface area contributed by atoms with Gasteiger partial charge in [-0.3, -0.25) is 4.98 Å². The van der Waals surface area contributed by atoms with E-state index in [0.29, 0.717) is 71.4 Å². The van der Waals surface area contributed by atoms with Crippen molar-refractivity contribution < 1.29 is 28.5 Å². The van der Waals surface area contributed by atoms with Gasteiger partial charge in [0.2, 0.25) is 0 Å². The van der Waals surface area contributed by atoms with Crippen molar-refractivity contribution in [2.45, 2.75) is 19.3 Å². The summed E-state index contributed by atoms with van der Waals surface area (Å²) >= 11 is 6.46. The van der Waals surface area contributed by atoms with E-state index < -0.39 is 0 Å². The number of piperidine rings is 1. The van der Waals surface area contributed by atoms with E-state index in [-0.39, 0.29) is 6.03 Å². The highest BCUT2D eigenvalue weighted by atomic mass is 35.5. The molecule has 2 N–H and O–H groups in total. The van der Waals surface area contributed by atoms with Crippen LogP contribution in [-0.2, 0) is 9.47 Å². The fourth-order valence-electron chi connectivity index (χ4n) is 5.48. The van der Waals surface area contributed by atoms with Gasteiger partial charge in [0.05, 0.1) is 56.4 Å². The van der Waals surface area contributed by atoms with Gasteiger partial charge >= 0.3 is 6.03 Å². The van der Waals surface area contributed by atoms with Gasteiger partial charge in [-0.1, -0.05) is 11.6 Å². The van der Waals surface area contributed by atoms with Crippen molar-refractivity contribution in [2.75, 3.05) is 71.6 Å². The van der Waals surface area contributed by atoms with E-state index in [1.54, 1.807) is 37.6 Å². The van der Waals surface area contributed by atoms with E-state index in [2.05, 4.69) is 20.5 Å². The van der Waals surface area contributed by atoms with Crippen LogP contribution in [0.5, 0.6) is 23.0 Å². The molecule has 0 radical (unpaired) electrons. The maximum atomic E-state index is 12.2. The Morgan fingerprint density at radius 2 is 1.93 bits per heavy atom. The fraction of sp³-hybridized carbons (Fsp3) is 0.484. The number of benzene rings is 2. The molecule has 0 atom stereocenters. The van der Waals surface area contributed by atoms with Crippen LogP contribution in [0.25, 0.3) is 10.9 Å². The second-order valence-corrected chi connectivity index (χ2v) is 11.8. The summed E-state index contributed by atoms with van der Waals surface area (Å²) in [4.78, 5) is 19.3. The SMILES string of the molecule is COc1cc2c(Oc3ccc(NC(=O)NCC4COC4)c(Cl)c3)ccnc2cc1OCCCN1CCC2(CC1)COC2. The predicted octanol–water partition coefficient (Wildman–Crippen LogP) is 5.34. The summed E-state index contributed by atoms with van der Waals surface area (Å²) < 4.78 is 28.6. The zero-order valence-electron chi connectivity index (χ0n) is 23.8. The summed E-state index contributed by atoms with van der Waals surface area (Å²) in [5.41, 5.74) is 1.67. The summed E-state index contributed by atoms with van der Waals surface area (Å²) in [6.45, 7) is 7.64. The van der Waals surface area contributed by atoms with Crippen LogP contribution in [0, 0.1) is 11.3 Å². The number of likely N-dealkylation sites (tertiary alicyclic amines) is 1. The molecule has 10 nitrogen and oxygen atoms in total. The third-order valence-electron chi connectivity index (χ3n) is 8.27. The van der Waals surface area contributed by atoms with Gasteiger partial charge in [0.25, 0.3) is 0 Å². The number of fused-ring (bicyclic) bond motifs is 1. The largest absolute Gasteiger partial charge is 0.493 e. The van der Waals surface area contributed by atoms with Crippen LogP contribution in [0.1, 0.15) is 19.3 Å². The number of ether oxygens (including phenoxy) is 5. The number of carbonyl (C=O) groups excluding carboxylic acids is 1. The van der Waals surface area contributed by atoms with E-state index in [0.717, 1.165) is 50.2 Å². The monoisotopic (exact) mass is 596 g/mol. The van der Waals surface area contributed by atoms with Gasteiger partial charge in [0, 0.05) is 48.1 Å². The lowest BCUT2D eigenvalue weighted by molar-refractivity contribution is -0.139. The maximum absolute atomic E-state index is 12.2. The molecule has 6 rings (SSSR count). The lowest BCUT2D eigenvalue weighted by atomic mass is 9.77. The van der Waals surface area contributed by atoms with Crippen molar-refractivity contribution in [2.24, 2.45) is 11.3 Å². The molecule has 2 amide bonds. The number of halogens is 1. The van der Waals surface area contributed by atoms with Crippen LogP contribution in [-0.4, -0.2) is 82.2 Å². The van der Waals surface area contributed by atoms with Crippen LogP contribution in [0.2, 0.25) is 5.02 Å². The molecular weight excluding hydrogens is 560 g/mol. The molecular formula is C31H37ClN4O6. The zero-order valence-corrected chi connectivity index (χ0v) is 24.6. The highest BCUT2D eigenvalue weighted by molar-refractivity contribution is 6.33. The Morgan fingerprint density at radius 1 is 1.10 bits per heavy atom. The quantitative estimate of drug-likeness (QED) is 0.286. The number of hydrogen-bond acceptors (Lipinski definition) is 8. The number of nitrogens with zero attached hydrogens (tertiary/aromatic N) is 2. The van der Waals surface area contributed by atoms with Gasteiger partial charge in [-0.05, 0) is 56.6 Å². The van der Waals surface area contributed by atoms with E-state index >= 15 is 0 Å². The normalized spacial score (nSPS) is 18.2. The Morgan fingerprint density at radius 3 is 2.62 bits per heavy atom. The Hall–Kier alpha value is -3.31. The third kappa shape index (κ3) is 6.67. The predicted molar refractivity (Wildman–Crippen MR) is 160 cm³/mol. The van der Waals surface area contributed by atoms with E-state index in [1.165, 1.54) is 12.8 Å². The smallest absolute Gasteiger partial charge is 0.319 e. The maximum Gasteiger partial charge on any atom is 0.319 e. The molecule has 3 fully saturated rings. The lowest BCUT2D eigenvalue weighted by Gasteiger charge is -2.47. The standard InChI is InChI=1S/C31H37ClN4O6/c1-38-28-14-23-26(15-29(28)41-12-2-9-36-10-6-31(7-11-36)19-40-20-31)33-8-5-27(23)42-22-3-4-25(24(32)13-22)35-30(37)34-16-21-17-39-18-21/h3-5,8,13-15,21H,2,6-7,9-12,16-20H2,1H3,(H2,34,35,37). The van der Waals surface area contributed by atoms with E-state index in [1.807, 2.05) is 12.1 Å². The number of rotatable bonds is 11. The van der Waals surface area contributed by atoms with Gasteiger partial charge in [-0.15, -0.1) is 0 Å². The van der Waals surface area contributed by atoms with E-state index in [9.17, 15) is 4.79 Å². The van der Waals surface area contributed by atoms with Crippen LogP contribution in [0.4, 0.5) is 10.5 Å². The number of urea groups is 1. The molecule has 3 saturated heterocycles. The van der Waals surface area contributed by atoms with Crippen LogP contribution in [0.3, 0.4) is 0 Å². The number of anilines is 1. The minimum Gasteiger partial charge on any atom is -0.493 e. The van der Waals surface area contributed by atoms with Crippen molar-refractivity contribution >= 4 is 34.2 Å². The molecule has 3 aliphatic rings.